The van der Waals surface area contributed by atoms with Crippen LogP contribution in [0.5, 0.6) is 0 Å². The molecule has 2 aromatic rings. The van der Waals surface area contributed by atoms with Crippen LogP contribution in [0.15, 0.2) is 30.9 Å². The summed E-state index contributed by atoms with van der Waals surface area (Å²) in [7, 11) is 0. The second kappa shape index (κ2) is 4.69. The van der Waals surface area contributed by atoms with Crippen molar-refractivity contribution in [1.82, 2.24) is 9.97 Å². The molecule has 4 heteroatoms. The summed E-state index contributed by atoms with van der Waals surface area (Å²) in [6.07, 6.45) is 5.04. The number of hydrogen-bond acceptors (Lipinski definition) is 4. The molecule has 1 N–H and O–H groups in total. The number of rotatable bonds is 1. The van der Waals surface area contributed by atoms with E-state index in [1.54, 1.807) is 23.7 Å². The highest BCUT2D eigenvalue weighted by Crippen LogP contribution is 2.26. The molecule has 0 fully saturated rings. The summed E-state index contributed by atoms with van der Waals surface area (Å²) in [5, 5.41) is 8.56. The molecule has 0 atom stereocenters. The highest BCUT2D eigenvalue weighted by Gasteiger charge is 2.00. The van der Waals surface area contributed by atoms with Crippen molar-refractivity contribution in [2.45, 2.75) is 0 Å². The largest absolute Gasteiger partial charge is 0.384 e. The number of aromatic nitrogens is 2. The molecule has 0 unspecified atom stereocenters. The number of aliphatic hydroxyl groups is 1. The Hall–Kier alpha value is -1.70. The molecule has 0 aliphatic heterocycles. The van der Waals surface area contributed by atoms with Gasteiger partial charge in [0.15, 0.2) is 0 Å². The molecule has 0 amide bonds. The number of nitrogens with zero attached hydrogens (tertiary/aromatic N) is 2. The van der Waals surface area contributed by atoms with Crippen LogP contribution in [0.2, 0.25) is 0 Å². The Morgan fingerprint density at radius 3 is 2.80 bits per heavy atom. The fraction of sp³-hybridized carbons (Fsp3) is 0.0909. The van der Waals surface area contributed by atoms with Crippen molar-refractivity contribution in [3.05, 3.63) is 35.7 Å². The highest BCUT2D eigenvalue weighted by molar-refractivity contribution is 7.16. The van der Waals surface area contributed by atoms with E-state index < -0.39 is 0 Å². The van der Waals surface area contributed by atoms with Crippen LogP contribution in [0.3, 0.4) is 0 Å². The molecule has 0 saturated carbocycles. The van der Waals surface area contributed by atoms with Gasteiger partial charge in [-0.25, -0.2) is 9.97 Å². The number of aliphatic hydroxyl groups excluding tert-OH is 1. The minimum absolute atomic E-state index is 0.109. The van der Waals surface area contributed by atoms with E-state index in [9.17, 15) is 0 Å². The first-order chi connectivity index (χ1) is 7.40. The van der Waals surface area contributed by atoms with Crippen LogP contribution in [-0.4, -0.2) is 21.7 Å². The third-order valence-corrected chi connectivity index (χ3v) is 2.79. The van der Waals surface area contributed by atoms with Crippen LogP contribution >= 0.6 is 11.3 Å². The molecule has 0 bridgehead atoms. The fourth-order valence-corrected chi connectivity index (χ4v) is 1.97. The van der Waals surface area contributed by atoms with Gasteiger partial charge in [-0.3, -0.25) is 0 Å². The molecule has 2 heterocycles. The van der Waals surface area contributed by atoms with E-state index in [-0.39, 0.29) is 6.61 Å². The van der Waals surface area contributed by atoms with Crippen molar-refractivity contribution in [3.63, 3.8) is 0 Å². The maximum atomic E-state index is 8.56. The highest BCUT2D eigenvalue weighted by atomic mass is 32.1. The molecule has 2 aromatic heterocycles. The predicted octanol–water partition coefficient (Wildman–Crippen LogP) is 1.55. The van der Waals surface area contributed by atoms with Gasteiger partial charge in [0.1, 0.15) is 12.9 Å². The number of thiophene rings is 1. The molecule has 0 aliphatic carbocycles. The quantitative estimate of drug-likeness (QED) is 0.736. The molecule has 0 spiro atoms. The second-order valence-corrected chi connectivity index (χ2v) is 3.83. The lowest BCUT2D eigenvalue weighted by atomic mass is 10.3. The standard InChI is InChI=1S/C11H8N2OS/c14-5-1-2-10-3-4-11(15-10)9-6-12-8-13-7-9/h3-4,6-8,14H,5H2. The van der Waals surface area contributed by atoms with E-state index in [4.69, 9.17) is 5.11 Å². The maximum Gasteiger partial charge on any atom is 0.115 e. The van der Waals surface area contributed by atoms with Gasteiger partial charge in [-0.05, 0) is 12.1 Å². The number of hydrogen-bond donors (Lipinski definition) is 1. The molecular formula is C11H8N2OS. The SMILES string of the molecule is OCC#Cc1ccc(-c2cncnc2)s1. The Balaban J connectivity index is 2.28. The summed E-state index contributed by atoms with van der Waals surface area (Å²) >= 11 is 1.56. The van der Waals surface area contributed by atoms with E-state index in [2.05, 4.69) is 21.8 Å². The van der Waals surface area contributed by atoms with Crippen LogP contribution in [0.25, 0.3) is 10.4 Å². The molecule has 0 radical (unpaired) electrons. The van der Waals surface area contributed by atoms with Gasteiger partial charge in [0.05, 0.1) is 4.88 Å². The zero-order valence-electron chi connectivity index (χ0n) is 7.84. The van der Waals surface area contributed by atoms with Gasteiger partial charge in [-0.2, -0.15) is 0 Å². The molecule has 2 rings (SSSR count). The predicted molar refractivity (Wildman–Crippen MR) is 59.3 cm³/mol. The van der Waals surface area contributed by atoms with Crippen LogP contribution < -0.4 is 0 Å². The Morgan fingerprint density at radius 1 is 1.27 bits per heavy atom. The normalized spacial score (nSPS) is 9.40. The van der Waals surface area contributed by atoms with Gasteiger partial charge in [-0.1, -0.05) is 11.8 Å². The van der Waals surface area contributed by atoms with E-state index in [1.807, 2.05) is 12.1 Å². The summed E-state index contributed by atoms with van der Waals surface area (Å²) in [6, 6.07) is 3.90. The van der Waals surface area contributed by atoms with Gasteiger partial charge in [0.25, 0.3) is 0 Å². The molecular weight excluding hydrogens is 208 g/mol. The third-order valence-electron chi connectivity index (χ3n) is 1.74. The Morgan fingerprint density at radius 2 is 2.07 bits per heavy atom. The van der Waals surface area contributed by atoms with Crippen LogP contribution in [0.1, 0.15) is 4.88 Å². The summed E-state index contributed by atoms with van der Waals surface area (Å²) in [5.74, 6) is 5.48. The molecule has 74 valence electrons. The first kappa shape index (κ1) is 9.84. The summed E-state index contributed by atoms with van der Waals surface area (Å²) in [4.78, 5) is 9.92. The van der Waals surface area contributed by atoms with Gasteiger partial charge in [-0.15, -0.1) is 11.3 Å². The van der Waals surface area contributed by atoms with Crippen molar-refractivity contribution in [3.8, 4) is 22.3 Å². The summed E-state index contributed by atoms with van der Waals surface area (Å²) < 4.78 is 0. The monoisotopic (exact) mass is 216 g/mol. The Labute approximate surface area is 91.5 Å². The van der Waals surface area contributed by atoms with Crippen molar-refractivity contribution in [2.75, 3.05) is 6.61 Å². The zero-order valence-corrected chi connectivity index (χ0v) is 8.66. The van der Waals surface area contributed by atoms with E-state index in [0.29, 0.717) is 0 Å². The lowest BCUT2D eigenvalue weighted by Gasteiger charge is -1.92. The van der Waals surface area contributed by atoms with Gasteiger partial charge in [0.2, 0.25) is 0 Å². The van der Waals surface area contributed by atoms with Gasteiger partial charge >= 0.3 is 0 Å². The van der Waals surface area contributed by atoms with E-state index in [1.165, 1.54) is 6.33 Å². The molecule has 0 aliphatic rings. The van der Waals surface area contributed by atoms with Crippen LogP contribution in [0, 0.1) is 11.8 Å². The van der Waals surface area contributed by atoms with Crippen molar-refractivity contribution in [1.29, 1.82) is 0 Å². The minimum Gasteiger partial charge on any atom is -0.384 e. The third kappa shape index (κ3) is 2.40. The van der Waals surface area contributed by atoms with Crippen molar-refractivity contribution >= 4 is 11.3 Å². The first-order valence-corrected chi connectivity index (χ1v) is 5.17. The van der Waals surface area contributed by atoms with Crippen LogP contribution in [0.4, 0.5) is 0 Å². The summed E-state index contributed by atoms with van der Waals surface area (Å²) in [5.41, 5.74) is 0.986. The van der Waals surface area contributed by atoms with Crippen molar-refractivity contribution < 1.29 is 5.11 Å². The average molecular weight is 216 g/mol. The molecule has 15 heavy (non-hydrogen) atoms. The topological polar surface area (TPSA) is 46.0 Å². The fourth-order valence-electron chi connectivity index (χ4n) is 1.11. The average Bonchev–Trinajstić information content (AvgIpc) is 2.76. The lowest BCUT2D eigenvalue weighted by molar-refractivity contribution is 0.350. The smallest absolute Gasteiger partial charge is 0.115 e. The summed E-state index contributed by atoms with van der Waals surface area (Å²) in [6.45, 7) is -0.109. The molecule has 0 saturated heterocycles. The Kier molecular flexibility index (Phi) is 3.08. The lowest BCUT2D eigenvalue weighted by Crippen LogP contribution is -1.77. The van der Waals surface area contributed by atoms with E-state index >= 15 is 0 Å². The Bertz CT molecular complexity index is 496. The van der Waals surface area contributed by atoms with Crippen LogP contribution in [-0.2, 0) is 0 Å². The second-order valence-electron chi connectivity index (χ2n) is 2.75. The molecule has 3 nitrogen and oxygen atoms in total. The van der Waals surface area contributed by atoms with Crippen molar-refractivity contribution in [2.24, 2.45) is 0 Å². The van der Waals surface area contributed by atoms with E-state index in [0.717, 1.165) is 15.3 Å². The first-order valence-electron chi connectivity index (χ1n) is 4.35. The zero-order chi connectivity index (χ0) is 10.5. The maximum absolute atomic E-state index is 8.56. The minimum atomic E-state index is -0.109. The molecule has 0 aromatic carbocycles. The van der Waals surface area contributed by atoms with Gasteiger partial charge < -0.3 is 5.11 Å². The van der Waals surface area contributed by atoms with Gasteiger partial charge in [0, 0.05) is 22.8 Å².